The summed E-state index contributed by atoms with van der Waals surface area (Å²) in [6.07, 6.45) is 1.92. The van der Waals surface area contributed by atoms with Gasteiger partial charge in [0.25, 0.3) is 0 Å². The van der Waals surface area contributed by atoms with E-state index in [1.54, 1.807) is 0 Å². The van der Waals surface area contributed by atoms with Crippen LogP contribution in [0.1, 0.15) is 19.4 Å². The summed E-state index contributed by atoms with van der Waals surface area (Å²) in [4.78, 5) is 10.8. The largest absolute Gasteiger partial charge is 0.330 e. The molecule has 0 fully saturated rings. The third-order valence-corrected chi connectivity index (χ3v) is 2.10. The number of nitrogens with one attached hydrogen (secondary N) is 1. The molecule has 0 aliphatic rings. The van der Waals surface area contributed by atoms with Crippen LogP contribution in [0.25, 0.3) is 6.08 Å². The number of halogens is 1. The van der Waals surface area contributed by atoms with Crippen LogP contribution in [0, 0.1) is 0 Å². The third kappa shape index (κ3) is 3.75. The van der Waals surface area contributed by atoms with Crippen LogP contribution in [0.15, 0.2) is 34.4 Å². The normalized spacial score (nSPS) is 11.2. The van der Waals surface area contributed by atoms with Crippen LogP contribution in [0.3, 0.4) is 0 Å². The fourth-order valence-corrected chi connectivity index (χ4v) is 1.58. The first-order valence-corrected chi connectivity index (χ1v) is 5.08. The van der Waals surface area contributed by atoms with Crippen LogP contribution in [0.2, 0.25) is 0 Å². The monoisotopic (exact) mass is 253 g/mol. The Balaban J connectivity index is 2.80. The van der Waals surface area contributed by atoms with Crippen molar-refractivity contribution in [2.24, 2.45) is 0 Å². The summed E-state index contributed by atoms with van der Waals surface area (Å²) < 4.78 is 1.03. The molecule has 1 rings (SSSR count). The van der Waals surface area contributed by atoms with Crippen molar-refractivity contribution in [2.75, 3.05) is 0 Å². The van der Waals surface area contributed by atoms with Crippen LogP contribution in [-0.2, 0) is 4.79 Å². The van der Waals surface area contributed by atoms with E-state index in [1.807, 2.05) is 37.3 Å². The number of hydrogen-bond acceptors (Lipinski definition) is 1. The zero-order chi connectivity index (χ0) is 10.6. The first-order chi connectivity index (χ1) is 6.58. The molecular formula is C11H12BrNO. The predicted molar refractivity (Wildman–Crippen MR) is 61.6 cm³/mol. The molecule has 74 valence electrons. The van der Waals surface area contributed by atoms with Crippen molar-refractivity contribution in [1.82, 2.24) is 5.32 Å². The average molecular weight is 254 g/mol. The number of hydrogen-bond donors (Lipinski definition) is 1. The van der Waals surface area contributed by atoms with Gasteiger partial charge in [-0.15, -0.1) is 0 Å². The van der Waals surface area contributed by atoms with Gasteiger partial charge in [0.2, 0.25) is 5.91 Å². The molecule has 0 aromatic heterocycles. The van der Waals surface area contributed by atoms with Crippen molar-refractivity contribution in [1.29, 1.82) is 0 Å². The molecule has 2 nitrogen and oxygen atoms in total. The number of carbonyl (C=O) groups is 1. The summed E-state index contributed by atoms with van der Waals surface area (Å²) in [5.41, 5.74) is 1.90. The second kappa shape index (κ2) is 4.96. The fraction of sp³-hybridized carbons (Fsp3) is 0.182. The van der Waals surface area contributed by atoms with Gasteiger partial charge in [-0.1, -0.05) is 28.1 Å². The second-order valence-corrected chi connectivity index (χ2v) is 3.98. The molecule has 0 unspecified atom stereocenters. The van der Waals surface area contributed by atoms with Gasteiger partial charge in [0.05, 0.1) is 0 Å². The molecule has 1 amide bonds. The summed E-state index contributed by atoms with van der Waals surface area (Å²) >= 11 is 3.39. The Kier molecular flexibility index (Phi) is 3.89. The quantitative estimate of drug-likeness (QED) is 0.863. The molecular weight excluding hydrogens is 242 g/mol. The number of carbonyl (C=O) groups excluding carboxylic acids is 1. The summed E-state index contributed by atoms with van der Waals surface area (Å²) in [7, 11) is 0. The van der Waals surface area contributed by atoms with Gasteiger partial charge in [0, 0.05) is 17.1 Å². The minimum absolute atomic E-state index is 0.0475. The van der Waals surface area contributed by atoms with E-state index in [2.05, 4.69) is 21.2 Å². The van der Waals surface area contributed by atoms with Crippen LogP contribution < -0.4 is 5.32 Å². The topological polar surface area (TPSA) is 29.1 Å². The van der Waals surface area contributed by atoms with E-state index >= 15 is 0 Å². The number of allylic oxidation sites excluding steroid dienone is 1. The minimum atomic E-state index is -0.0475. The van der Waals surface area contributed by atoms with Gasteiger partial charge in [-0.05, 0) is 30.7 Å². The molecule has 0 heterocycles. The van der Waals surface area contributed by atoms with Crippen LogP contribution in [0.4, 0.5) is 0 Å². The molecule has 0 saturated carbocycles. The Morgan fingerprint density at radius 1 is 1.43 bits per heavy atom. The first-order valence-electron chi connectivity index (χ1n) is 4.29. The smallest absolute Gasteiger partial charge is 0.220 e. The highest BCUT2D eigenvalue weighted by molar-refractivity contribution is 9.10. The van der Waals surface area contributed by atoms with E-state index in [1.165, 1.54) is 6.92 Å². The molecule has 0 aliphatic heterocycles. The standard InChI is InChI=1S/C11H12BrNO/c1-8(13-9(2)14)6-10-4-3-5-11(12)7-10/h3-7H,1-2H3,(H,13,14)/b8-6+. The number of amides is 1. The van der Waals surface area contributed by atoms with E-state index in [0.717, 1.165) is 15.7 Å². The lowest BCUT2D eigenvalue weighted by Gasteiger charge is -2.01. The molecule has 14 heavy (non-hydrogen) atoms. The lowest BCUT2D eigenvalue weighted by atomic mass is 10.2. The van der Waals surface area contributed by atoms with Gasteiger partial charge in [-0.3, -0.25) is 4.79 Å². The maximum absolute atomic E-state index is 10.8. The molecule has 0 saturated heterocycles. The third-order valence-electron chi connectivity index (χ3n) is 1.61. The Hall–Kier alpha value is -1.09. The Morgan fingerprint density at radius 3 is 2.71 bits per heavy atom. The van der Waals surface area contributed by atoms with Crippen molar-refractivity contribution < 1.29 is 4.79 Å². The molecule has 0 radical (unpaired) electrons. The highest BCUT2D eigenvalue weighted by atomic mass is 79.9. The van der Waals surface area contributed by atoms with Gasteiger partial charge < -0.3 is 5.32 Å². The van der Waals surface area contributed by atoms with Crippen LogP contribution >= 0.6 is 15.9 Å². The summed E-state index contributed by atoms with van der Waals surface area (Å²) in [6.45, 7) is 3.36. The second-order valence-electron chi connectivity index (χ2n) is 3.06. The van der Waals surface area contributed by atoms with Crippen molar-refractivity contribution in [2.45, 2.75) is 13.8 Å². The minimum Gasteiger partial charge on any atom is -0.330 e. The van der Waals surface area contributed by atoms with Gasteiger partial charge in [0.15, 0.2) is 0 Å². The van der Waals surface area contributed by atoms with Crippen LogP contribution in [-0.4, -0.2) is 5.91 Å². The number of rotatable bonds is 2. The molecule has 3 heteroatoms. The van der Waals surface area contributed by atoms with Crippen LogP contribution in [0.5, 0.6) is 0 Å². The Bertz CT molecular complexity index is 371. The molecule has 1 aromatic carbocycles. The maximum Gasteiger partial charge on any atom is 0.220 e. The van der Waals surface area contributed by atoms with E-state index in [0.29, 0.717) is 0 Å². The van der Waals surface area contributed by atoms with Gasteiger partial charge in [0.1, 0.15) is 0 Å². The highest BCUT2D eigenvalue weighted by Crippen LogP contribution is 2.13. The van der Waals surface area contributed by atoms with Crippen molar-refractivity contribution in [3.05, 3.63) is 40.0 Å². The van der Waals surface area contributed by atoms with Gasteiger partial charge in [-0.2, -0.15) is 0 Å². The Labute approximate surface area is 92.1 Å². The zero-order valence-corrected chi connectivity index (χ0v) is 9.76. The molecule has 1 aromatic rings. The summed E-state index contributed by atoms with van der Waals surface area (Å²) in [5.74, 6) is -0.0475. The molecule has 1 N–H and O–H groups in total. The highest BCUT2D eigenvalue weighted by Gasteiger charge is 1.94. The lowest BCUT2D eigenvalue weighted by molar-refractivity contribution is -0.118. The van der Waals surface area contributed by atoms with Gasteiger partial charge >= 0.3 is 0 Å². The molecule has 0 spiro atoms. The zero-order valence-electron chi connectivity index (χ0n) is 8.17. The lowest BCUT2D eigenvalue weighted by Crippen LogP contribution is -2.16. The molecule has 0 atom stereocenters. The van der Waals surface area contributed by atoms with Crippen molar-refractivity contribution >= 4 is 27.9 Å². The van der Waals surface area contributed by atoms with Gasteiger partial charge in [-0.25, -0.2) is 0 Å². The summed E-state index contributed by atoms with van der Waals surface area (Å²) in [5, 5.41) is 2.72. The molecule has 0 aliphatic carbocycles. The van der Waals surface area contributed by atoms with E-state index in [4.69, 9.17) is 0 Å². The molecule has 0 bridgehead atoms. The number of benzene rings is 1. The predicted octanol–water partition coefficient (Wildman–Crippen LogP) is 2.95. The Morgan fingerprint density at radius 2 is 2.14 bits per heavy atom. The van der Waals surface area contributed by atoms with Crippen molar-refractivity contribution in [3.8, 4) is 0 Å². The first kappa shape index (κ1) is 11.0. The van der Waals surface area contributed by atoms with E-state index in [-0.39, 0.29) is 5.91 Å². The maximum atomic E-state index is 10.8. The average Bonchev–Trinajstić information content (AvgIpc) is 2.01. The van der Waals surface area contributed by atoms with Crippen molar-refractivity contribution in [3.63, 3.8) is 0 Å². The summed E-state index contributed by atoms with van der Waals surface area (Å²) in [6, 6.07) is 7.89. The fourth-order valence-electron chi connectivity index (χ4n) is 1.16. The van der Waals surface area contributed by atoms with E-state index < -0.39 is 0 Å². The SMILES string of the molecule is CC(=O)N/C(C)=C/c1cccc(Br)c1. The van der Waals surface area contributed by atoms with E-state index in [9.17, 15) is 4.79 Å².